The predicted octanol–water partition coefficient (Wildman–Crippen LogP) is 0.670. The van der Waals surface area contributed by atoms with Gasteiger partial charge in [-0.05, 0) is 5.92 Å². The molecule has 11 heavy (non-hydrogen) atoms. The molecule has 1 saturated heterocycles. The van der Waals surface area contributed by atoms with Crippen LogP contribution in [0.5, 0.6) is 0 Å². The van der Waals surface area contributed by atoms with Crippen molar-refractivity contribution in [2.75, 3.05) is 20.2 Å². The molecule has 5 heteroatoms. The summed E-state index contributed by atoms with van der Waals surface area (Å²) in [6, 6.07) is 0. The summed E-state index contributed by atoms with van der Waals surface area (Å²) in [6.07, 6.45) is 0.343. The number of hydrogen-bond acceptors (Lipinski definition) is 3. The quantitative estimate of drug-likeness (QED) is 0.636. The Balaban J connectivity index is 0. The fourth-order valence-corrected chi connectivity index (χ4v) is 1.28. The van der Waals surface area contributed by atoms with Crippen LogP contribution in [0.3, 0.4) is 0 Å². The summed E-state index contributed by atoms with van der Waals surface area (Å²) in [5, 5.41) is 1.80. The Bertz CT molecular complexity index is 105. The van der Waals surface area contributed by atoms with Gasteiger partial charge in [-0.3, -0.25) is 5.84 Å². The summed E-state index contributed by atoms with van der Waals surface area (Å²) >= 11 is 0. The molecular weight excluding hydrogens is 187 g/mol. The van der Waals surface area contributed by atoms with Crippen LogP contribution in [0, 0.1) is 5.92 Å². The fraction of sp³-hybridized carbons (Fsp3) is 1.00. The third kappa shape index (κ3) is 3.58. The lowest BCUT2D eigenvalue weighted by Gasteiger charge is -2.09. The molecule has 0 aromatic carbocycles. The van der Waals surface area contributed by atoms with Crippen LogP contribution in [-0.4, -0.2) is 31.3 Å². The molecule has 0 aliphatic carbocycles. The second-order valence-electron chi connectivity index (χ2n) is 2.71. The summed E-state index contributed by atoms with van der Waals surface area (Å²) < 4.78 is 5.17. The zero-order chi connectivity index (χ0) is 6.85. The second-order valence-corrected chi connectivity index (χ2v) is 2.71. The summed E-state index contributed by atoms with van der Waals surface area (Å²) in [4.78, 5) is 0. The Labute approximate surface area is 80.0 Å². The highest BCUT2D eigenvalue weighted by Gasteiger charge is 2.26. The summed E-state index contributed by atoms with van der Waals surface area (Å²) in [6.45, 7) is 3.98. The molecule has 1 heterocycles. The molecule has 1 aliphatic heterocycles. The number of nitrogens with two attached hydrogens (primary N) is 1. The molecule has 70 valence electrons. The average Bonchev–Trinajstić information content (AvgIpc) is 2.10. The molecule has 2 atom stereocenters. The smallest absolute Gasteiger partial charge is 0.0750 e. The van der Waals surface area contributed by atoms with E-state index >= 15 is 0 Å². The Morgan fingerprint density at radius 1 is 1.36 bits per heavy atom. The Morgan fingerprint density at radius 3 is 2.09 bits per heavy atom. The van der Waals surface area contributed by atoms with Gasteiger partial charge in [-0.15, -0.1) is 24.8 Å². The third-order valence-electron chi connectivity index (χ3n) is 1.87. The number of ether oxygens (including phenoxy) is 1. The maximum atomic E-state index is 5.54. The molecular formula is C6H16Cl2N2O. The molecule has 0 amide bonds. The van der Waals surface area contributed by atoms with Crippen molar-refractivity contribution in [3.05, 3.63) is 0 Å². The fourth-order valence-electron chi connectivity index (χ4n) is 1.28. The molecule has 0 spiro atoms. The van der Waals surface area contributed by atoms with Crippen molar-refractivity contribution in [3.63, 3.8) is 0 Å². The Hall–Kier alpha value is 0.460. The van der Waals surface area contributed by atoms with E-state index in [1.54, 1.807) is 12.1 Å². The van der Waals surface area contributed by atoms with Crippen LogP contribution in [0.4, 0.5) is 0 Å². The number of hydrazine groups is 1. The average molecular weight is 203 g/mol. The van der Waals surface area contributed by atoms with Crippen LogP contribution in [0.15, 0.2) is 0 Å². The standard InChI is InChI=1S/C6H14N2O.2ClH/c1-5-3-8(7)4-6(5)9-2;;/h5-6H,3-4,7H2,1-2H3;2*1H/t5-,6-;;/m0../s1. The van der Waals surface area contributed by atoms with E-state index in [1.165, 1.54) is 0 Å². The highest BCUT2D eigenvalue weighted by molar-refractivity contribution is 5.85. The highest BCUT2D eigenvalue weighted by atomic mass is 35.5. The SMILES string of the molecule is CO[C@H]1CN(N)C[C@@H]1C.Cl.Cl. The van der Waals surface area contributed by atoms with E-state index in [2.05, 4.69) is 6.92 Å². The van der Waals surface area contributed by atoms with Crippen molar-refractivity contribution in [1.82, 2.24) is 5.01 Å². The first kappa shape index (κ1) is 14.0. The molecule has 3 nitrogen and oxygen atoms in total. The van der Waals surface area contributed by atoms with E-state index in [-0.39, 0.29) is 24.8 Å². The monoisotopic (exact) mass is 202 g/mol. The molecule has 1 aliphatic rings. The van der Waals surface area contributed by atoms with Gasteiger partial charge in [0.05, 0.1) is 6.10 Å². The molecule has 1 fully saturated rings. The number of rotatable bonds is 1. The van der Waals surface area contributed by atoms with Crippen LogP contribution in [0.1, 0.15) is 6.92 Å². The maximum absolute atomic E-state index is 5.54. The van der Waals surface area contributed by atoms with E-state index in [9.17, 15) is 0 Å². The molecule has 0 unspecified atom stereocenters. The Kier molecular flexibility index (Phi) is 7.68. The van der Waals surface area contributed by atoms with Gasteiger partial charge in [-0.2, -0.15) is 0 Å². The summed E-state index contributed by atoms with van der Waals surface area (Å²) in [5.74, 6) is 6.13. The van der Waals surface area contributed by atoms with Crippen LogP contribution in [0.2, 0.25) is 0 Å². The highest BCUT2D eigenvalue weighted by Crippen LogP contribution is 2.14. The normalized spacial score (nSPS) is 30.8. The largest absolute Gasteiger partial charge is 0.380 e. The van der Waals surface area contributed by atoms with Gasteiger partial charge in [0.2, 0.25) is 0 Å². The van der Waals surface area contributed by atoms with Gasteiger partial charge in [0.15, 0.2) is 0 Å². The van der Waals surface area contributed by atoms with E-state index in [0.717, 1.165) is 13.1 Å². The van der Waals surface area contributed by atoms with Gasteiger partial charge in [0.1, 0.15) is 0 Å². The van der Waals surface area contributed by atoms with Gasteiger partial charge < -0.3 is 4.74 Å². The van der Waals surface area contributed by atoms with Crippen molar-refractivity contribution in [2.24, 2.45) is 11.8 Å². The minimum absolute atomic E-state index is 0. The second kappa shape index (κ2) is 6.03. The van der Waals surface area contributed by atoms with Gasteiger partial charge in [0.25, 0.3) is 0 Å². The molecule has 2 N–H and O–H groups in total. The molecule has 0 aromatic heterocycles. The zero-order valence-electron chi connectivity index (χ0n) is 6.82. The lowest BCUT2D eigenvalue weighted by atomic mass is 10.1. The number of nitrogens with zero attached hydrogens (tertiary/aromatic N) is 1. The van der Waals surface area contributed by atoms with Crippen molar-refractivity contribution in [2.45, 2.75) is 13.0 Å². The first-order valence-electron chi connectivity index (χ1n) is 3.26. The van der Waals surface area contributed by atoms with Gasteiger partial charge in [-0.25, -0.2) is 5.01 Å². The van der Waals surface area contributed by atoms with Crippen molar-refractivity contribution >= 4 is 24.8 Å². The van der Waals surface area contributed by atoms with Crippen molar-refractivity contribution in [1.29, 1.82) is 0 Å². The van der Waals surface area contributed by atoms with Crippen LogP contribution in [-0.2, 0) is 4.74 Å². The molecule has 0 radical (unpaired) electrons. The topological polar surface area (TPSA) is 38.5 Å². The predicted molar refractivity (Wildman–Crippen MR) is 50.2 cm³/mol. The zero-order valence-corrected chi connectivity index (χ0v) is 8.45. The first-order chi connectivity index (χ1) is 4.24. The van der Waals surface area contributed by atoms with E-state index in [4.69, 9.17) is 10.6 Å². The summed E-state index contributed by atoms with van der Waals surface area (Å²) in [7, 11) is 1.74. The van der Waals surface area contributed by atoms with E-state index in [0.29, 0.717) is 12.0 Å². The van der Waals surface area contributed by atoms with Crippen LogP contribution in [0.25, 0.3) is 0 Å². The van der Waals surface area contributed by atoms with Gasteiger partial charge >= 0.3 is 0 Å². The molecule has 0 bridgehead atoms. The number of halogens is 2. The maximum Gasteiger partial charge on any atom is 0.0750 e. The van der Waals surface area contributed by atoms with Crippen LogP contribution >= 0.6 is 24.8 Å². The van der Waals surface area contributed by atoms with Gasteiger partial charge in [0, 0.05) is 20.2 Å². The minimum atomic E-state index is 0. The van der Waals surface area contributed by atoms with E-state index in [1.807, 2.05) is 0 Å². The van der Waals surface area contributed by atoms with E-state index < -0.39 is 0 Å². The van der Waals surface area contributed by atoms with Gasteiger partial charge in [-0.1, -0.05) is 6.92 Å². The number of methoxy groups -OCH3 is 1. The lowest BCUT2D eigenvalue weighted by molar-refractivity contribution is 0.0838. The lowest BCUT2D eigenvalue weighted by Crippen LogP contribution is -2.29. The molecule has 0 saturated carbocycles. The first-order valence-corrected chi connectivity index (χ1v) is 3.26. The Morgan fingerprint density at radius 2 is 1.91 bits per heavy atom. The summed E-state index contributed by atoms with van der Waals surface area (Å²) in [5.41, 5.74) is 0. The third-order valence-corrected chi connectivity index (χ3v) is 1.87. The van der Waals surface area contributed by atoms with Crippen molar-refractivity contribution < 1.29 is 4.74 Å². The molecule has 0 aromatic rings. The minimum Gasteiger partial charge on any atom is -0.380 e. The van der Waals surface area contributed by atoms with Crippen LogP contribution < -0.4 is 5.84 Å². The number of hydrogen-bond donors (Lipinski definition) is 1. The van der Waals surface area contributed by atoms with Crippen molar-refractivity contribution in [3.8, 4) is 0 Å². The molecule has 1 rings (SSSR count).